The zero-order valence-corrected chi connectivity index (χ0v) is 6.75. The molecule has 2 N–H and O–H groups in total. The first kappa shape index (κ1) is 6.85. The topological polar surface area (TPSA) is 43.8 Å². The zero-order chi connectivity index (χ0) is 7.90. The van der Waals surface area contributed by atoms with E-state index >= 15 is 0 Å². The number of aromatic nitrogens is 2. The smallest absolute Gasteiger partial charge is 0.128 e. The lowest BCUT2D eigenvalue weighted by Gasteiger charge is -2.37. The van der Waals surface area contributed by atoms with Crippen molar-refractivity contribution in [1.82, 2.24) is 9.55 Å². The first-order valence-electron chi connectivity index (χ1n) is 3.99. The monoisotopic (exact) mass is 151 g/mol. The Labute approximate surface area is 66.2 Å². The van der Waals surface area contributed by atoms with Crippen molar-refractivity contribution >= 4 is 0 Å². The van der Waals surface area contributed by atoms with Crippen molar-refractivity contribution < 1.29 is 0 Å². The van der Waals surface area contributed by atoms with Crippen molar-refractivity contribution in [3.63, 3.8) is 0 Å². The van der Waals surface area contributed by atoms with Crippen molar-refractivity contribution in [3.8, 4) is 0 Å². The van der Waals surface area contributed by atoms with Crippen molar-refractivity contribution in [3.05, 3.63) is 18.2 Å². The molecule has 0 unspecified atom stereocenters. The Bertz CT molecular complexity index is 260. The molecule has 1 heterocycles. The molecule has 0 saturated heterocycles. The molecule has 1 aromatic heterocycles. The Kier molecular flexibility index (Phi) is 1.29. The molecule has 0 amide bonds. The second-order valence-electron chi connectivity index (χ2n) is 3.37. The minimum atomic E-state index is -0.113. The summed E-state index contributed by atoms with van der Waals surface area (Å²) in [5.41, 5.74) is 5.97. The van der Waals surface area contributed by atoms with Crippen LogP contribution >= 0.6 is 0 Å². The molecule has 1 aliphatic carbocycles. The maximum atomic E-state index is 6.09. The summed E-state index contributed by atoms with van der Waals surface area (Å²) >= 11 is 0. The largest absolute Gasteiger partial charge is 0.336 e. The van der Waals surface area contributed by atoms with Crippen molar-refractivity contribution in [2.24, 2.45) is 12.8 Å². The molecule has 3 nitrogen and oxygen atoms in total. The van der Waals surface area contributed by atoms with Gasteiger partial charge in [-0.25, -0.2) is 4.98 Å². The molecule has 1 saturated carbocycles. The van der Waals surface area contributed by atoms with Gasteiger partial charge in [0.15, 0.2) is 0 Å². The van der Waals surface area contributed by atoms with E-state index in [0.29, 0.717) is 0 Å². The number of aryl methyl sites for hydroxylation is 1. The van der Waals surface area contributed by atoms with E-state index in [-0.39, 0.29) is 5.54 Å². The average Bonchev–Trinajstić information content (AvgIpc) is 2.30. The van der Waals surface area contributed by atoms with Crippen LogP contribution in [-0.2, 0) is 12.6 Å². The van der Waals surface area contributed by atoms with Crippen molar-refractivity contribution in [2.45, 2.75) is 24.8 Å². The lowest BCUT2D eigenvalue weighted by molar-refractivity contribution is 0.233. The maximum Gasteiger partial charge on any atom is 0.128 e. The minimum Gasteiger partial charge on any atom is -0.336 e. The highest BCUT2D eigenvalue weighted by molar-refractivity contribution is 5.11. The number of nitrogens with zero attached hydrogens (tertiary/aromatic N) is 2. The molecular weight excluding hydrogens is 138 g/mol. The third kappa shape index (κ3) is 0.878. The molecule has 1 aliphatic rings. The summed E-state index contributed by atoms with van der Waals surface area (Å²) in [5, 5.41) is 0. The van der Waals surface area contributed by atoms with E-state index in [1.54, 1.807) is 0 Å². The Balaban J connectivity index is 2.35. The molecule has 2 rings (SSSR count). The van der Waals surface area contributed by atoms with Crippen LogP contribution in [0.15, 0.2) is 12.4 Å². The van der Waals surface area contributed by atoms with E-state index in [9.17, 15) is 0 Å². The van der Waals surface area contributed by atoms with Crippen LogP contribution in [0.4, 0.5) is 0 Å². The molecule has 0 bridgehead atoms. The molecule has 11 heavy (non-hydrogen) atoms. The molecule has 1 aromatic rings. The molecule has 1 fully saturated rings. The molecule has 3 heteroatoms. The quantitative estimate of drug-likeness (QED) is 0.644. The molecule has 0 aliphatic heterocycles. The summed E-state index contributed by atoms with van der Waals surface area (Å²) in [5.74, 6) is 1.03. The van der Waals surface area contributed by atoms with Gasteiger partial charge in [-0.05, 0) is 19.3 Å². The van der Waals surface area contributed by atoms with Gasteiger partial charge in [0.1, 0.15) is 5.82 Å². The van der Waals surface area contributed by atoms with E-state index in [1.165, 1.54) is 6.42 Å². The fraction of sp³-hybridized carbons (Fsp3) is 0.625. The number of rotatable bonds is 1. The van der Waals surface area contributed by atoms with Gasteiger partial charge in [-0.15, -0.1) is 0 Å². The van der Waals surface area contributed by atoms with Gasteiger partial charge in [0, 0.05) is 19.4 Å². The van der Waals surface area contributed by atoms with Gasteiger partial charge < -0.3 is 10.3 Å². The predicted molar refractivity (Wildman–Crippen MR) is 42.9 cm³/mol. The summed E-state index contributed by atoms with van der Waals surface area (Å²) in [6.07, 6.45) is 7.16. The summed E-state index contributed by atoms with van der Waals surface area (Å²) in [6.45, 7) is 0. The zero-order valence-electron chi connectivity index (χ0n) is 6.75. The van der Waals surface area contributed by atoms with Gasteiger partial charge in [0.2, 0.25) is 0 Å². The van der Waals surface area contributed by atoms with E-state index in [4.69, 9.17) is 5.73 Å². The van der Waals surface area contributed by atoms with Crippen LogP contribution in [0, 0.1) is 0 Å². The van der Waals surface area contributed by atoms with E-state index in [2.05, 4.69) is 4.98 Å². The minimum absolute atomic E-state index is 0.113. The van der Waals surface area contributed by atoms with Gasteiger partial charge in [-0.1, -0.05) is 0 Å². The summed E-state index contributed by atoms with van der Waals surface area (Å²) in [7, 11) is 2.00. The highest BCUT2D eigenvalue weighted by Crippen LogP contribution is 2.37. The summed E-state index contributed by atoms with van der Waals surface area (Å²) in [6, 6.07) is 0. The fourth-order valence-electron chi connectivity index (χ4n) is 1.63. The van der Waals surface area contributed by atoms with E-state index < -0.39 is 0 Å². The van der Waals surface area contributed by atoms with Crippen molar-refractivity contribution in [1.29, 1.82) is 0 Å². The van der Waals surface area contributed by atoms with Crippen LogP contribution in [-0.4, -0.2) is 9.55 Å². The fourth-order valence-corrected chi connectivity index (χ4v) is 1.63. The summed E-state index contributed by atoms with van der Waals surface area (Å²) < 4.78 is 2.01. The Morgan fingerprint density at radius 3 is 2.73 bits per heavy atom. The van der Waals surface area contributed by atoms with Crippen molar-refractivity contribution in [2.75, 3.05) is 0 Å². The number of hydrogen-bond donors (Lipinski definition) is 1. The van der Waals surface area contributed by atoms with E-state index in [0.717, 1.165) is 18.7 Å². The second-order valence-corrected chi connectivity index (χ2v) is 3.37. The van der Waals surface area contributed by atoms with Crippen LogP contribution in [0.5, 0.6) is 0 Å². The molecule has 0 atom stereocenters. The second kappa shape index (κ2) is 2.08. The predicted octanol–water partition coefficient (Wildman–Crippen LogP) is 0.758. The van der Waals surface area contributed by atoms with E-state index in [1.807, 2.05) is 24.0 Å². The third-order valence-electron chi connectivity index (χ3n) is 2.51. The SMILES string of the molecule is Cn1ccnc1C1(N)CCC1. The van der Waals surface area contributed by atoms with Crippen LogP contribution in [0.25, 0.3) is 0 Å². The Hall–Kier alpha value is -0.830. The number of hydrogen-bond acceptors (Lipinski definition) is 2. The summed E-state index contributed by atoms with van der Waals surface area (Å²) in [4.78, 5) is 4.25. The lowest BCUT2D eigenvalue weighted by atomic mass is 9.77. The number of nitrogens with two attached hydrogens (primary N) is 1. The average molecular weight is 151 g/mol. The van der Waals surface area contributed by atoms with Gasteiger partial charge in [0.05, 0.1) is 5.54 Å². The first-order valence-corrected chi connectivity index (χ1v) is 3.99. The molecule has 0 radical (unpaired) electrons. The maximum absolute atomic E-state index is 6.09. The Morgan fingerprint density at radius 1 is 1.64 bits per heavy atom. The first-order chi connectivity index (χ1) is 5.22. The highest BCUT2D eigenvalue weighted by atomic mass is 15.1. The van der Waals surface area contributed by atoms with Crippen LogP contribution in [0.2, 0.25) is 0 Å². The van der Waals surface area contributed by atoms with Crippen LogP contribution in [0.3, 0.4) is 0 Å². The third-order valence-corrected chi connectivity index (χ3v) is 2.51. The molecule has 0 aromatic carbocycles. The Morgan fingerprint density at radius 2 is 2.36 bits per heavy atom. The van der Waals surface area contributed by atoms with Gasteiger partial charge in [-0.2, -0.15) is 0 Å². The standard InChI is InChI=1S/C8H13N3/c1-11-6-5-10-7(11)8(9)3-2-4-8/h5-6H,2-4,9H2,1H3. The lowest BCUT2D eigenvalue weighted by Crippen LogP contribution is -2.45. The van der Waals surface area contributed by atoms with Crippen LogP contribution < -0.4 is 5.73 Å². The van der Waals surface area contributed by atoms with Gasteiger partial charge in [-0.3, -0.25) is 0 Å². The van der Waals surface area contributed by atoms with Gasteiger partial charge >= 0.3 is 0 Å². The molecule has 60 valence electrons. The molecular formula is C8H13N3. The van der Waals surface area contributed by atoms with Crippen LogP contribution in [0.1, 0.15) is 25.1 Å². The number of imidazole rings is 1. The van der Waals surface area contributed by atoms with Gasteiger partial charge in [0.25, 0.3) is 0 Å². The molecule has 0 spiro atoms. The highest BCUT2D eigenvalue weighted by Gasteiger charge is 2.37. The normalized spacial score (nSPS) is 21.3.